The quantitative estimate of drug-likeness (QED) is 0.708. The second-order valence-corrected chi connectivity index (χ2v) is 6.04. The van der Waals surface area contributed by atoms with Gasteiger partial charge >= 0.3 is 0 Å². The fraction of sp³-hybridized carbons (Fsp3) is 0.300. The number of methoxy groups -OCH3 is 1. The Morgan fingerprint density at radius 2 is 1.81 bits per heavy atom. The van der Waals surface area contributed by atoms with E-state index in [2.05, 4.69) is 10.6 Å². The number of para-hydroxylation sites is 1. The van der Waals surface area contributed by atoms with E-state index >= 15 is 0 Å². The number of benzene rings is 2. The van der Waals surface area contributed by atoms with Crippen LogP contribution < -0.4 is 20.1 Å². The average Bonchev–Trinajstić information content (AvgIpc) is 2.62. The van der Waals surface area contributed by atoms with E-state index in [4.69, 9.17) is 9.47 Å². The Bertz CT molecular complexity index is 765. The van der Waals surface area contributed by atoms with Gasteiger partial charge in [-0.25, -0.2) is 0 Å². The lowest BCUT2D eigenvalue weighted by molar-refractivity contribution is -0.117. The Morgan fingerprint density at radius 3 is 2.48 bits per heavy atom. The van der Waals surface area contributed by atoms with Crippen LogP contribution in [0.15, 0.2) is 48.5 Å². The maximum Gasteiger partial charge on any atom is 0.238 e. The lowest BCUT2D eigenvalue weighted by atomic mass is 10.2. The molecule has 0 spiro atoms. The van der Waals surface area contributed by atoms with E-state index in [1.807, 2.05) is 42.3 Å². The molecule has 0 heterocycles. The van der Waals surface area contributed by atoms with Gasteiger partial charge in [-0.2, -0.15) is 0 Å². The van der Waals surface area contributed by atoms with Crippen LogP contribution in [0.2, 0.25) is 0 Å². The summed E-state index contributed by atoms with van der Waals surface area (Å²) in [6.07, 6.45) is 0. The van der Waals surface area contributed by atoms with E-state index in [1.165, 1.54) is 14.0 Å². The van der Waals surface area contributed by atoms with E-state index in [0.717, 1.165) is 5.75 Å². The van der Waals surface area contributed by atoms with Gasteiger partial charge in [-0.05, 0) is 37.4 Å². The van der Waals surface area contributed by atoms with Crippen LogP contribution in [0.5, 0.6) is 11.5 Å². The zero-order valence-corrected chi connectivity index (χ0v) is 15.8. The van der Waals surface area contributed by atoms with Crippen LogP contribution >= 0.6 is 0 Å². The van der Waals surface area contributed by atoms with E-state index in [1.54, 1.807) is 18.2 Å². The average molecular weight is 371 g/mol. The van der Waals surface area contributed by atoms with Crippen LogP contribution in [0.3, 0.4) is 0 Å². The largest absolute Gasteiger partial charge is 0.495 e. The minimum Gasteiger partial charge on any atom is -0.495 e. The monoisotopic (exact) mass is 371 g/mol. The highest BCUT2D eigenvalue weighted by Crippen LogP contribution is 2.27. The van der Waals surface area contributed by atoms with Gasteiger partial charge in [-0.3, -0.25) is 14.5 Å². The Balaban J connectivity index is 1.85. The first-order valence-corrected chi connectivity index (χ1v) is 8.60. The number of ether oxygens (including phenoxy) is 2. The molecule has 2 rings (SSSR count). The van der Waals surface area contributed by atoms with Crippen molar-refractivity contribution in [2.75, 3.05) is 44.5 Å². The number of amides is 2. The molecule has 2 aromatic rings. The van der Waals surface area contributed by atoms with Gasteiger partial charge in [0.15, 0.2) is 0 Å². The molecule has 27 heavy (non-hydrogen) atoms. The molecule has 0 unspecified atom stereocenters. The Labute approximate surface area is 159 Å². The molecular formula is C20H25N3O4. The zero-order chi connectivity index (χ0) is 19.6. The summed E-state index contributed by atoms with van der Waals surface area (Å²) in [7, 11) is 3.37. The van der Waals surface area contributed by atoms with Crippen molar-refractivity contribution in [3.63, 3.8) is 0 Å². The van der Waals surface area contributed by atoms with Crippen molar-refractivity contribution in [3.8, 4) is 11.5 Å². The summed E-state index contributed by atoms with van der Waals surface area (Å²) in [5.41, 5.74) is 1.09. The number of hydrogen-bond acceptors (Lipinski definition) is 5. The van der Waals surface area contributed by atoms with E-state index < -0.39 is 0 Å². The molecule has 0 atom stereocenters. The van der Waals surface area contributed by atoms with Crippen molar-refractivity contribution in [2.24, 2.45) is 0 Å². The summed E-state index contributed by atoms with van der Waals surface area (Å²) >= 11 is 0. The first-order valence-electron chi connectivity index (χ1n) is 8.60. The van der Waals surface area contributed by atoms with Gasteiger partial charge in [0.1, 0.15) is 18.1 Å². The molecule has 0 radical (unpaired) electrons. The van der Waals surface area contributed by atoms with Gasteiger partial charge in [0, 0.05) is 19.2 Å². The molecule has 0 aliphatic carbocycles. The lowest BCUT2D eigenvalue weighted by Gasteiger charge is -2.18. The summed E-state index contributed by atoms with van der Waals surface area (Å²) in [6, 6.07) is 14.6. The predicted octanol–water partition coefficient (Wildman–Crippen LogP) is 2.60. The maximum atomic E-state index is 12.3. The third-order valence-electron chi connectivity index (χ3n) is 3.69. The van der Waals surface area contributed by atoms with Crippen LogP contribution in [-0.4, -0.2) is 50.6 Å². The molecule has 2 amide bonds. The number of carbonyl (C=O) groups excluding carboxylic acids is 2. The SMILES string of the molecule is COc1ccc(NC(C)=O)cc1NC(=O)CN(C)CCOc1ccccc1. The number of anilines is 2. The van der Waals surface area contributed by atoms with Crippen LogP contribution in [-0.2, 0) is 9.59 Å². The summed E-state index contributed by atoms with van der Waals surface area (Å²) in [5, 5.41) is 5.50. The van der Waals surface area contributed by atoms with Crippen molar-refractivity contribution in [3.05, 3.63) is 48.5 Å². The fourth-order valence-corrected chi connectivity index (χ4v) is 2.44. The maximum absolute atomic E-state index is 12.3. The van der Waals surface area contributed by atoms with Crippen LogP contribution in [0, 0.1) is 0 Å². The predicted molar refractivity (Wildman–Crippen MR) is 105 cm³/mol. The van der Waals surface area contributed by atoms with Crippen molar-refractivity contribution < 1.29 is 19.1 Å². The van der Waals surface area contributed by atoms with Gasteiger partial charge in [-0.15, -0.1) is 0 Å². The third kappa shape index (κ3) is 6.99. The minimum atomic E-state index is -0.185. The summed E-state index contributed by atoms with van der Waals surface area (Å²) < 4.78 is 10.9. The lowest BCUT2D eigenvalue weighted by Crippen LogP contribution is -2.33. The van der Waals surface area contributed by atoms with Crippen molar-refractivity contribution in [1.29, 1.82) is 0 Å². The smallest absolute Gasteiger partial charge is 0.238 e. The molecule has 0 aliphatic rings. The van der Waals surface area contributed by atoms with Crippen molar-refractivity contribution >= 4 is 23.2 Å². The normalized spacial score (nSPS) is 10.4. The standard InChI is InChI=1S/C20H25N3O4/c1-15(24)21-16-9-10-19(26-3)18(13-16)22-20(25)14-23(2)11-12-27-17-7-5-4-6-8-17/h4-10,13H,11-12,14H2,1-3H3,(H,21,24)(H,22,25). The van der Waals surface area contributed by atoms with Crippen molar-refractivity contribution in [2.45, 2.75) is 6.92 Å². The highest BCUT2D eigenvalue weighted by Gasteiger charge is 2.11. The van der Waals surface area contributed by atoms with Gasteiger partial charge in [0.2, 0.25) is 11.8 Å². The van der Waals surface area contributed by atoms with Gasteiger partial charge in [0.25, 0.3) is 0 Å². The van der Waals surface area contributed by atoms with Gasteiger partial charge in [-0.1, -0.05) is 18.2 Å². The fourth-order valence-electron chi connectivity index (χ4n) is 2.44. The number of hydrogen-bond donors (Lipinski definition) is 2. The second-order valence-electron chi connectivity index (χ2n) is 6.04. The van der Waals surface area contributed by atoms with Crippen molar-refractivity contribution in [1.82, 2.24) is 4.90 Å². The molecule has 2 aromatic carbocycles. The third-order valence-corrected chi connectivity index (χ3v) is 3.69. The zero-order valence-electron chi connectivity index (χ0n) is 15.8. The Kier molecular flexibility index (Phi) is 7.63. The molecule has 2 N–H and O–H groups in total. The highest BCUT2D eigenvalue weighted by molar-refractivity contribution is 5.95. The first kappa shape index (κ1) is 20.3. The van der Waals surface area contributed by atoms with Crippen LogP contribution in [0.25, 0.3) is 0 Å². The molecule has 7 heteroatoms. The Hall–Kier alpha value is -3.06. The molecule has 7 nitrogen and oxygen atoms in total. The highest BCUT2D eigenvalue weighted by atomic mass is 16.5. The van der Waals surface area contributed by atoms with Crippen LogP contribution in [0.4, 0.5) is 11.4 Å². The molecular weight excluding hydrogens is 346 g/mol. The second kappa shape index (κ2) is 10.2. The van der Waals surface area contributed by atoms with E-state index in [9.17, 15) is 9.59 Å². The van der Waals surface area contributed by atoms with Gasteiger partial charge in [0.05, 0.1) is 19.3 Å². The summed E-state index contributed by atoms with van der Waals surface area (Å²) in [6.45, 7) is 2.71. The van der Waals surface area contributed by atoms with Crippen LogP contribution in [0.1, 0.15) is 6.92 Å². The molecule has 0 saturated heterocycles. The Morgan fingerprint density at radius 1 is 1.07 bits per heavy atom. The number of likely N-dealkylation sites (N-methyl/N-ethyl adjacent to an activating group) is 1. The molecule has 0 aliphatic heterocycles. The van der Waals surface area contributed by atoms with Gasteiger partial charge < -0.3 is 20.1 Å². The summed E-state index contributed by atoms with van der Waals surface area (Å²) in [5.74, 6) is 0.952. The topological polar surface area (TPSA) is 79.9 Å². The van der Waals surface area contributed by atoms with E-state index in [-0.39, 0.29) is 18.4 Å². The molecule has 0 aromatic heterocycles. The molecule has 0 bridgehead atoms. The van der Waals surface area contributed by atoms with E-state index in [0.29, 0.717) is 30.3 Å². The first-order chi connectivity index (χ1) is 13.0. The minimum absolute atomic E-state index is 0.185. The number of carbonyl (C=O) groups is 2. The molecule has 144 valence electrons. The number of nitrogens with zero attached hydrogens (tertiary/aromatic N) is 1. The molecule has 0 saturated carbocycles. The number of rotatable bonds is 9. The molecule has 0 fully saturated rings. The number of nitrogens with one attached hydrogen (secondary N) is 2. The summed E-state index contributed by atoms with van der Waals surface area (Å²) in [4.78, 5) is 25.4.